The molecule has 2 atom stereocenters. The Bertz CT molecular complexity index is 680. The molecule has 0 radical (unpaired) electrons. The number of urea groups is 1. The van der Waals surface area contributed by atoms with E-state index in [-0.39, 0.29) is 18.7 Å². The molecule has 1 heterocycles. The fraction of sp³-hybridized carbons (Fsp3) is 0.444. The van der Waals surface area contributed by atoms with Crippen LogP contribution in [0.1, 0.15) is 38.3 Å². The number of amides is 2. The molecule has 6 nitrogen and oxygen atoms in total. The summed E-state index contributed by atoms with van der Waals surface area (Å²) in [6.07, 6.45) is 7.49. The average molecular weight is 328 g/mol. The third kappa shape index (κ3) is 3.59. The van der Waals surface area contributed by atoms with Gasteiger partial charge in [-0.15, -0.1) is 0 Å². The molecule has 2 aromatic rings. The summed E-state index contributed by atoms with van der Waals surface area (Å²) in [4.78, 5) is 16.3. The molecule has 2 amide bonds. The number of hydrogen-bond acceptors (Lipinski definition) is 3. The average Bonchev–Trinajstić information content (AvgIpc) is 3.31. The summed E-state index contributed by atoms with van der Waals surface area (Å²) >= 11 is 0. The summed E-state index contributed by atoms with van der Waals surface area (Å²) in [5.74, 6) is 0.373. The molecule has 1 aliphatic carbocycles. The van der Waals surface area contributed by atoms with Gasteiger partial charge in [0.25, 0.3) is 0 Å². The van der Waals surface area contributed by atoms with Gasteiger partial charge in [-0.05, 0) is 50.3 Å². The predicted molar refractivity (Wildman–Crippen MR) is 91.9 cm³/mol. The molecule has 6 heteroatoms. The number of hydrogen-bond donors (Lipinski definition) is 3. The maximum atomic E-state index is 12.2. The van der Waals surface area contributed by atoms with Crippen molar-refractivity contribution in [3.63, 3.8) is 0 Å². The van der Waals surface area contributed by atoms with Gasteiger partial charge in [0.15, 0.2) is 0 Å². The first kappa shape index (κ1) is 16.5. The van der Waals surface area contributed by atoms with Crippen LogP contribution in [0.4, 0.5) is 4.79 Å². The first-order valence-corrected chi connectivity index (χ1v) is 8.29. The molecule has 1 aromatic carbocycles. The number of nitrogens with zero attached hydrogens (tertiary/aromatic N) is 2. The number of rotatable bonds is 6. The number of aromatic nitrogens is 2. The van der Waals surface area contributed by atoms with Gasteiger partial charge in [0, 0.05) is 18.1 Å². The number of aliphatic hydroxyl groups is 1. The van der Waals surface area contributed by atoms with Crippen LogP contribution >= 0.6 is 0 Å². The summed E-state index contributed by atoms with van der Waals surface area (Å²) in [5.41, 5.74) is 1.51. The van der Waals surface area contributed by atoms with E-state index >= 15 is 0 Å². The number of benzene rings is 1. The van der Waals surface area contributed by atoms with Crippen molar-refractivity contribution in [2.45, 2.75) is 38.3 Å². The topological polar surface area (TPSA) is 79.2 Å². The highest BCUT2D eigenvalue weighted by molar-refractivity contribution is 5.75. The normalized spacial score (nSPS) is 17.8. The van der Waals surface area contributed by atoms with Gasteiger partial charge in [-0.25, -0.2) is 9.78 Å². The Kier molecular flexibility index (Phi) is 4.57. The van der Waals surface area contributed by atoms with Crippen molar-refractivity contribution >= 4 is 6.03 Å². The third-order valence-corrected chi connectivity index (χ3v) is 4.75. The molecule has 0 saturated heterocycles. The zero-order chi connectivity index (χ0) is 17.2. The van der Waals surface area contributed by atoms with Crippen LogP contribution in [0, 0.1) is 5.92 Å². The summed E-state index contributed by atoms with van der Waals surface area (Å²) in [5, 5.41) is 15.4. The van der Waals surface area contributed by atoms with E-state index in [0.29, 0.717) is 5.92 Å². The molecule has 1 saturated carbocycles. The number of imidazole rings is 1. The summed E-state index contributed by atoms with van der Waals surface area (Å²) in [6.45, 7) is 3.80. The van der Waals surface area contributed by atoms with Crippen LogP contribution in [-0.4, -0.2) is 32.8 Å². The smallest absolute Gasteiger partial charge is 0.315 e. The SMILES string of the molecule is CC(NC(=O)NC(C)(CO)C1CC1)c1ccc(-n2ccnc2)cc1. The molecule has 24 heavy (non-hydrogen) atoms. The highest BCUT2D eigenvalue weighted by Gasteiger charge is 2.42. The lowest BCUT2D eigenvalue weighted by atomic mass is 9.97. The van der Waals surface area contributed by atoms with Crippen molar-refractivity contribution in [2.24, 2.45) is 5.92 Å². The van der Waals surface area contributed by atoms with E-state index in [4.69, 9.17) is 0 Å². The van der Waals surface area contributed by atoms with Gasteiger partial charge in [-0.1, -0.05) is 12.1 Å². The largest absolute Gasteiger partial charge is 0.394 e. The molecular formula is C18H24N4O2. The van der Waals surface area contributed by atoms with E-state index in [0.717, 1.165) is 24.1 Å². The number of carbonyl (C=O) groups excluding carboxylic acids is 1. The van der Waals surface area contributed by atoms with Crippen molar-refractivity contribution in [1.29, 1.82) is 0 Å². The van der Waals surface area contributed by atoms with Crippen molar-refractivity contribution in [2.75, 3.05) is 6.61 Å². The maximum absolute atomic E-state index is 12.2. The quantitative estimate of drug-likeness (QED) is 0.762. The summed E-state index contributed by atoms with van der Waals surface area (Å²) < 4.78 is 1.93. The highest BCUT2D eigenvalue weighted by atomic mass is 16.3. The zero-order valence-electron chi connectivity index (χ0n) is 14.1. The molecule has 2 unspecified atom stereocenters. The molecule has 0 bridgehead atoms. The van der Waals surface area contributed by atoms with Crippen LogP contribution in [0.2, 0.25) is 0 Å². The Morgan fingerprint density at radius 2 is 2.12 bits per heavy atom. The Morgan fingerprint density at radius 3 is 2.67 bits per heavy atom. The van der Waals surface area contributed by atoms with E-state index in [9.17, 15) is 9.90 Å². The second-order valence-electron chi connectivity index (χ2n) is 6.73. The first-order valence-electron chi connectivity index (χ1n) is 8.29. The fourth-order valence-electron chi connectivity index (χ4n) is 2.91. The van der Waals surface area contributed by atoms with Crippen LogP contribution in [0.3, 0.4) is 0 Å². The number of carbonyl (C=O) groups is 1. The van der Waals surface area contributed by atoms with Crippen molar-refractivity contribution in [3.05, 3.63) is 48.5 Å². The van der Waals surface area contributed by atoms with Gasteiger partial charge in [0.1, 0.15) is 0 Å². The van der Waals surface area contributed by atoms with Gasteiger partial charge >= 0.3 is 6.03 Å². The molecule has 0 aliphatic heterocycles. The first-order chi connectivity index (χ1) is 11.5. The van der Waals surface area contributed by atoms with E-state index in [2.05, 4.69) is 15.6 Å². The van der Waals surface area contributed by atoms with Gasteiger partial charge in [0.05, 0.1) is 24.5 Å². The minimum absolute atomic E-state index is 0.0426. The lowest BCUT2D eigenvalue weighted by Gasteiger charge is -2.29. The summed E-state index contributed by atoms with van der Waals surface area (Å²) in [7, 11) is 0. The molecule has 0 spiro atoms. The van der Waals surface area contributed by atoms with Crippen molar-refractivity contribution in [1.82, 2.24) is 20.2 Å². The maximum Gasteiger partial charge on any atom is 0.315 e. The molecule has 128 valence electrons. The minimum Gasteiger partial charge on any atom is -0.394 e. The second-order valence-corrected chi connectivity index (χ2v) is 6.73. The van der Waals surface area contributed by atoms with E-state index in [1.807, 2.05) is 48.9 Å². The monoisotopic (exact) mass is 328 g/mol. The van der Waals surface area contributed by atoms with E-state index < -0.39 is 5.54 Å². The van der Waals surface area contributed by atoms with Crippen molar-refractivity contribution in [3.8, 4) is 5.69 Å². The van der Waals surface area contributed by atoms with Crippen LogP contribution in [0.25, 0.3) is 5.69 Å². The van der Waals surface area contributed by atoms with Crippen LogP contribution in [0.5, 0.6) is 0 Å². The molecule has 1 aromatic heterocycles. The lowest BCUT2D eigenvalue weighted by molar-refractivity contribution is 0.154. The minimum atomic E-state index is -0.533. The Balaban J connectivity index is 1.60. The number of aliphatic hydroxyl groups excluding tert-OH is 1. The predicted octanol–water partition coefficient (Wildman–Crippen LogP) is 2.39. The second kappa shape index (κ2) is 6.65. The van der Waals surface area contributed by atoms with Gasteiger partial charge in [-0.3, -0.25) is 0 Å². The Morgan fingerprint density at radius 1 is 1.42 bits per heavy atom. The van der Waals surface area contributed by atoms with Crippen LogP contribution in [-0.2, 0) is 0 Å². The third-order valence-electron chi connectivity index (χ3n) is 4.75. The Labute approximate surface area is 141 Å². The highest BCUT2D eigenvalue weighted by Crippen LogP contribution is 2.39. The molecule has 3 rings (SSSR count). The van der Waals surface area contributed by atoms with E-state index in [1.165, 1.54) is 0 Å². The standard InChI is InChI=1S/C18H24N4O2/c1-13(20-17(24)21-18(2,11-23)15-5-6-15)14-3-7-16(8-4-14)22-10-9-19-12-22/h3-4,7-10,12-13,15,23H,5-6,11H2,1-2H3,(H2,20,21,24). The lowest BCUT2D eigenvalue weighted by Crippen LogP contribution is -2.54. The number of nitrogens with one attached hydrogen (secondary N) is 2. The van der Waals surface area contributed by atoms with Crippen molar-refractivity contribution < 1.29 is 9.90 Å². The summed E-state index contributed by atoms with van der Waals surface area (Å²) in [6, 6.07) is 7.61. The van der Waals surface area contributed by atoms with Gasteiger partial charge in [0.2, 0.25) is 0 Å². The fourth-order valence-corrected chi connectivity index (χ4v) is 2.91. The molecule has 1 fully saturated rings. The Hall–Kier alpha value is -2.34. The van der Waals surface area contributed by atoms with E-state index in [1.54, 1.807) is 12.5 Å². The molecular weight excluding hydrogens is 304 g/mol. The molecule has 3 N–H and O–H groups in total. The van der Waals surface area contributed by atoms with Crippen LogP contribution in [0.15, 0.2) is 43.0 Å². The zero-order valence-corrected chi connectivity index (χ0v) is 14.1. The molecule has 1 aliphatic rings. The van der Waals surface area contributed by atoms with Gasteiger partial charge < -0.3 is 20.3 Å². The van der Waals surface area contributed by atoms with Crippen LogP contribution < -0.4 is 10.6 Å². The van der Waals surface area contributed by atoms with Gasteiger partial charge in [-0.2, -0.15) is 0 Å².